The highest BCUT2D eigenvalue weighted by molar-refractivity contribution is 5.83. The van der Waals surface area contributed by atoms with Crippen molar-refractivity contribution in [2.45, 2.75) is 31.7 Å². The predicted octanol–water partition coefficient (Wildman–Crippen LogP) is 3.57. The number of hydrogen-bond acceptors (Lipinski definition) is 6. The Morgan fingerprint density at radius 3 is 2.50 bits per heavy atom. The van der Waals surface area contributed by atoms with E-state index in [-0.39, 0.29) is 18.3 Å². The van der Waals surface area contributed by atoms with Gasteiger partial charge in [-0.15, -0.1) is 0 Å². The van der Waals surface area contributed by atoms with Gasteiger partial charge in [-0.1, -0.05) is 67.6 Å². The van der Waals surface area contributed by atoms with Gasteiger partial charge in [-0.05, 0) is 40.3 Å². The second-order valence-corrected chi connectivity index (χ2v) is 7.99. The molecule has 4 rings (SSSR count). The fourth-order valence-corrected chi connectivity index (χ4v) is 3.74. The van der Waals surface area contributed by atoms with Gasteiger partial charge in [-0.2, -0.15) is 9.97 Å². The zero-order valence-electron chi connectivity index (χ0n) is 17.8. The first-order valence-electron chi connectivity index (χ1n) is 10.5. The second kappa shape index (κ2) is 9.11. The molecular weight excluding hydrogens is 402 g/mol. The van der Waals surface area contributed by atoms with Gasteiger partial charge in [0, 0.05) is 12.0 Å². The van der Waals surface area contributed by atoms with E-state index in [1.54, 1.807) is 0 Å². The molecule has 7 nitrogen and oxygen atoms in total. The van der Waals surface area contributed by atoms with Crippen LogP contribution in [0.3, 0.4) is 0 Å². The number of anilines is 1. The normalized spacial score (nSPS) is 13.1. The molecule has 1 aromatic heterocycles. The summed E-state index contributed by atoms with van der Waals surface area (Å²) in [6.45, 7) is 2.14. The van der Waals surface area contributed by atoms with Gasteiger partial charge in [-0.3, -0.25) is 4.79 Å². The van der Waals surface area contributed by atoms with Crippen LogP contribution in [-0.4, -0.2) is 32.1 Å². The van der Waals surface area contributed by atoms with Gasteiger partial charge >= 0.3 is 5.97 Å². The minimum Gasteiger partial charge on any atom is -0.480 e. The van der Waals surface area contributed by atoms with Gasteiger partial charge in [0.15, 0.2) is 5.82 Å². The van der Waals surface area contributed by atoms with Crippen LogP contribution in [0, 0.1) is 0 Å². The summed E-state index contributed by atoms with van der Waals surface area (Å²) in [6, 6.07) is 21.1. The predicted molar refractivity (Wildman–Crippen MR) is 125 cm³/mol. The molecule has 1 heterocycles. The maximum Gasteiger partial charge on any atom is 0.320 e. The molecule has 2 atom stereocenters. The summed E-state index contributed by atoms with van der Waals surface area (Å²) in [5, 5.41) is 11.5. The molecule has 0 bridgehead atoms. The van der Waals surface area contributed by atoms with Crippen molar-refractivity contribution >= 4 is 22.7 Å². The number of nitrogen functional groups attached to an aromatic ring is 1. The molecule has 3 aromatic carbocycles. The summed E-state index contributed by atoms with van der Waals surface area (Å²) >= 11 is 0. The van der Waals surface area contributed by atoms with Crippen LogP contribution in [0.2, 0.25) is 0 Å². The fraction of sp³-hybridized carbons (Fsp3) is 0.200. The Kier molecular flexibility index (Phi) is 6.09. The van der Waals surface area contributed by atoms with E-state index in [0.29, 0.717) is 18.1 Å². The van der Waals surface area contributed by atoms with Gasteiger partial charge < -0.3 is 16.6 Å². The summed E-state index contributed by atoms with van der Waals surface area (Å²) in [5.41, 5.74) is 14.4. The molecule has 0 aliphatic rings. The number of rotatable bonds is 7. The van der Waals surface area contributed by atoms with Crippen molar-refractivity contribution in [1.82, 2.24) is 15.0 Å². The molecule has 32 heavy (non-hydrogen) atoms. The number of carbonyl (C=O) groups is 1. The van der Waals surface area contributed by atoms with Gasteiger partial charge in [-0.25, -0.2) is 4.98 Å². The lowest BCUT2D eigenvalue weighted by Gasteiger charge is -2.13. The number of nitrogens with two attached hydrogens (primary N) is 2. The van der Waals surface area contributed by atoms with Crippen molar-refractivity contribution in [2.24, 2.45) is 5.73 Å². The lowest BCUT2D eigenvalue weighted by atomic mass is 9.95. The van der Waals surface area contributed by atoms with Crippen LogP contribution in [-0.2, 0) is 17.6 Å². The van der Waals surface area contributed by atoms with E-state index in [0.717, 1.165) is 11.1 Å². The highest BCUT2D eigenvalue weighted by Gasteiger charge is 2.15. The minimum atomic E-state index is -1.04. The van der Waals surface area contributed by atoms with Crippen LogP contribution < -0.4 is 11.5 Å². The lowest BCUT2D eigenvalue weighted by molar-refractivity contribution is -0.138. The van der Waals surface area contributed by atoms with Gasteiger partial charge in [0.1, 0.15) is 11.9 Å². The number of carboxylic acids is 1. The van der Waals surface area contributed by atoms with E-state index < -0.39 is 12.0 Å². The highest BCUT2D eigenvalue weighted by atomic mass is 16.4. The minimum absolute atomic E-state index is 0.156. The average Bonchev–Trinajstić information content (AvgIpc) is 2.78. The summed E-state index contributed by atoms with van der Waals surface area (Å²) < 4.78 is 0. The van der Waals surface area contributed by atoms with E-state index in [1.807, 2.05) is 36.4 Å². The molecule has 4 aromatic rings. The molecular formula is C25H25N5O2. The Morgan fingerprint density at radius 1 is 0.938 bits per heavy atom. The summed E-state index contributed by atoms with van der Waals surface area (Å²) in [7, 11) is 0. The number of aliphatic carboxylic acids is 1. The van der Waals surface area contributed by atoms with E-state index in [4.69, 9.17) is 16.6 Å². The van der Waals surface area contributed by atoms with Crippen LogP contribution in [0.5, 0.6) is 0 Å². The molecule has 0 saturated heterocycles. The van der Waals surface area contributed by atoms with Crippen LogP contribution in [0.25, 0.3) is 22.2 Å². The van der Waals surface area contributed by atoms with Gasteiger partial charge in [0.2, 0.25) is 5.95 Å². The van der Waals surface area contributed by atoms with Crippen molar-refractivity contribution in [2.75, 3.05) is 5.73 Å². The van der Waals surface area contributed by atoms with Crippen LogP contribution in [0.15, 0.2) is 66.7 Å². The Morgan fingerprint density at radius 2 is 1.72 bits per heavy atom. The smallest absolute Gasteiger partial charge is 0.320 e. The Balaban J connectivity index is 1.58. The Hall–Kier alpha value is -3.84. The molecule has 0 radical (unpaired) electrons. The summed E-state index contributed by atoms with van der Waals surface area (Å²) in [4.78, 5) is 24.3. The first-order chi connectivity index (χ1) is 15.4. The number of aromatic nitrogens is 3. The maximum atomic E-state index is 11.1. The van der Waals surface area contributed by atoms with Crippen molar-refractivity contribution in [1.29, 1.82) is 0 Å². The number of carboxylic acid groups (broad SMARTS) is 1. The quantitative estimate of drug-likeness (QED) is 0.411. The SMILES string of the molecule is C[C@@H](Cc1nc(N)nc(-c2cccc(CC(N)C(=O)O)c2)n1)c1ccc2ccccc2c1. The molecule has 0 amide bonds. The van der Waals surface area contributed by atoms with Crippen molar-refractivity contribution in [3.63, 3.8) is 0 Å². The van der Waals surface area contributed by atoms with E-state index in [2.05, 4.69) is 52.2 Å². The highest BCUT2D eigenvalue weighted by Crippen LogP contribution is 2.25. The largest absolute Gasteiger partial charge is 0.480 e. The van der Waals surface area contributed by atoms with E-state index in [9.17, 15) is 4.79 Å². The molecule has 0 saturated carbocycles. The molecule has 1 unspecified atom stereocenters. The van der Waals surface area contributed by atoms with Crippen molar-refractivity contribution in [3.8, 4) is 11.4 Å². The molecule has 0 spiro atoms. The van der Waals surface area contributed by atoms with Crippen LogP contribution >= 0.6 is 0 Å². The average molecular weight is 428 g/mol. The topological polar surface area (TPSA) is 128 Å². The standard InChI is InChI=1S/C25H25N5O2/c1-15(18-10-9-17-6-2-3-7-19(17)14-18)11-22-28-23(30-25(27)29-22)20-8-4-5-16(12-20)13-21(26)24(31)32/h2-10,12,14-15,21H,11,13,26H2,1H3,(H,31,32)(H2,27,28,29,30)/t15-,21?/m0/s1. The zero-order chi connectivity index (χ0) is 22.7. The number of benzene rings is 3. The molecule has 5 N–H and O–H groups in total. The number of nitrogens with zero attached hydrogens (tertiary/aromatic N) is 3. The monoisotopic (exact) mass is 427 g/mol. The fourth-order valence-electron chi connectivity index (χ4n) is 3.74. The summed E-state index contributed by atoms with van der Waals surface area (Å²) in [6.07, 6.45) is 0.831. The third-order valence-corrected chi connectivity index (χ3v) is 5.49. The maximum absolute atomic E-state index is 11.1. The molecule has 7 heteroatoms. The molecule has 162 valence electrons. The lowest BCUT2D eigenvalue weighted by Crippen LogP contribution is -2.32. The van der Waals surface area contributed by atoms with E-state index >= 15 is 0 Å². The second-order valence-electron chi connectivity index (χ2n) is 7.99. The Bertz CT molecular complexity index is 1270. The number of hydrogen-bond donors (Lipinski definition) is 3. The first kappa shape index (κ1) is 21.4. The third kappa shape index (κ3) is 4.90. The van der Waals surface area contributed by atoms with Crippen LogP contribution in [0.4, 0.5) is 5.95 Å². The molecule has 0 aliphatic heterocycles. The van der Waals surface area contributed by atoms with Gasteiger partial charge in [0.25, 0.3) is 0 Å². The molecule has 0 aliphatic carbocycles. The summed E-state index contributed by atoms with van der Waals surface area (Å²) in [5.74, 6) is 0.382. The molecule has 0 fully saturated rings. The first-order valence-corrected chi connectivity index (χ1v) is 10.5. The third-order valence-electron chi connectivity index (χ3n) is 5.49. The van der Waals surface area contributed by atoms with Crippen molar-refractivity contribution in [3.05, 3.63) is 83.7 Å². The zero-order valence-corrected chi connectivity index (χ0v) is 17.8. The van der Waals surface area contributed by atoms with Crippen molar-refractivity contribution < 1.29 is 9.90 Å². The van der Waals surface area contributed by atoms with Gasteiger partial charge in [0.05, 0.1) is 0 Å². The van der Waals surface area contributed by atoms with E-state index in [1.165, 1.54) is 16.3 Å². The number of fused-ring (bicyclic) bond motifs is 1. The Labute approximate surface area is 186 Å². The van der Waals surface area contributed by atoms with Crippen LogP contribution in [0.1, 0.15) is 29.8 Å².